The normalized spacial score (nSPS) is 10.7. The van der Waals surface area contributed by atoms with Crippen LogP contribution in [0.25, 0.3) is 0 Å². The van der Waals surface area contributed by atoms with Crippen molar-refractivity contribution in [2.24, 2.45) is 0 Å². The maximum absolute atomic E-state index is 12.7. The third-order valence-electron chi connectivity index (χ3n) is 2.92. The summed E-state index contributed by atoms with van der Waals surface area (Å²) in [4.78, 5) is 13.9. The Labute approximate surface area is 108 Å². The Morgan fingerprint density at radius 1 is 1.22 bits per heavy atom. The number of nitrogens with one attached hydrogen (secondary N) is 1. The van der Waals surface area contributed by atoms with Gasteiger partial charge in [-0.25, -0.2) is 4.39 Å². The van der Waals surface area contributed by atoms with Gasteiger partial charge in [-0.3, -0.25) is 4.79 Å². The van der Waals surface area contributed by atoms with E-state index in [1.54, 1.807) is 12.1 Å². The van der Waals surface area contributed by atoms with Crippen LogP contribution in [0.3, 0.4) is 0 Å². The summed E-state index contributed by atoms with van der Waals surface area (Å²) in [5.74, 6) is -0.297. The highest BCUT2D eigenvalue weighted by Gasteiger charge is 2.04. The van der Waals surface area contributed by atoms with Gasteiger partial charge in [0.15, 0.2) is 0 Å². The lowest BCUT2D eigenvalue weighted by atomic mass is 10.1. The van der Waals surface area contributed by atoms with Crippen molar-refractivity contribution in [3.63, 3.8) is 0 Å². The molecule has 0 aliphatic carbocycles. The molecular formula is C14H21FN2O. The standard InChI is InChI=1S/C14H21FN2O/c1-3-17(4-2)10-9-16-14(18)11-12-5-7-13(15)8-6-12/h5-8H,3-4,9-11H2,1-2H3,(H,16,18). The van der Waals surface area contributed by atoms with Gasteiger partial charge in [-0.2, -0.15) is 0 Å². The molecular weight excluding hydrogens is 231 g/mol. The molecule has 0 aromatic heterocycles. The van der Waals surface area contributed by atoms with Crippen molar-refractivity contribution in [3.05, 3.63) is 35.6 Å². The summed E-state index contributed by atoms with van der Waals surface area (Å²) in [5, 5.41) is 2.87. The number of hydrogen-bond donors (Lipinski definition) is 1. The van der Waals surface area contributed by atoms with Crippen LogP contribution in [0.5, 0.6) is 0 Å². The lowest BCUT2D eigenvalue weighted by Gasteiger charge is -2.17. The van der Waals surface area contributed by atoms with Gasteiger partial charge >= 0.3 is 0 Å². The van der Waals surface area contributed by atoms with E-state index in [1.165, 1.54) is 12.1 Å². The molecule has 1 aromatic rings. The molecule has 0 saturated carbocycles. The molecule has 0 saturated heterocycles. The zero-order chi connectivity index (χ0) is 13.4. The van der Waals surface area contributed by atoms with E-state index in [2.05, 4.69) is 24.1 Å². The molecule has 0 unspecified atom stereocenters. The predicted molar refractivity (Wildman–Crippen MR) is 70.9 cm³/mol. The monoisotopic (exact) mass is 252 g/mol. The minimum absolute atomic E-state index is 0.0197. The van der Waals surface area contributed by atoms with Gasteiger partial charge in [0, 0.05) is 13.1 Å². The number of carbonyl (C=O) groups excluding carboxylic acids is 1. The molecule has 1 rings (SSSR count). The van der Waals surface area contributed by atoms with Crippen molar-refractivity contribution >= 4 is 5.91 Å². The molecule has 0 bridgehead atoms. The van der Waals surface area contributed by atoms with Gasteiger partial charge in [0.25, 0.3) is 0 Å². The molecule has 0 atom stereocenters. The minimum atomic E-state index is -0.277. The number of likely N-dealkylation sites (N-methyl/N-ethyl adjacent to an activating group) is 1. The third kappa shape index (κ3) is 5.27. The van der Waals surface area contributed by atoms with E-state index < -0.39 is 0 Å². The van der Waals surface area contributed by atoms with Gasteiger partial charge in [0.2, 0.25) is 5.91 Å². The third-order valence-corrected chi connectivity index (χ3v) is 2.92. The Morgan fingerprint density at radius 2 is 1.83 bits per heavy atom. The number of amides is 1. The van der Waals surface area contributed by atoms with Crippen molar-refractivity contribution in [2.45, 2.75) is 20.3 Å². The fourth-order valence-corrected chi connectivity index (χ4v) is 1.74. The van der Waals surface area contributed by atoms with Crippen LogP contribution >= 0.6 is 0 Å². The first-order valence-electron chi connectivity index (χ1n) is 6.39. The molecule has 0 aliphatic rings. The first-order valence-corrected chi connectivity index (χ1v) is 6.39. The first-order chi connectivity index (χ1) is 8.65. The predicted octanol–water partition coefficient (Wildman–Crippen LogP) is 1.83. The lowest BCUT2D eigenvalue weighted by Crippen LogP contribution is -2.35. The second-order valence-electron chi connectivity index (χ2n) is 4.18. The van der Waals surface area contributed by atoms with Crippen LogP contribution in [0.1, 0.15) is 19.4 Å². The fourth-order valence-electron chi connectivity index (χ4n) is 1.74. The second kappa shape index (κ2) is 7.82. The molecule has 0 spiro atoms. The molecule has 0 fully saturated rings. The molecule has 18 heavy (non-hydrogen) atoms. The van der Waals surface area contributed by atoms with E-state index in [4.69, 9.17) is 0 Å². The van der Waals surface area contributed by atoms with Gasteiger partial charge < -0.3 is 10.2 Å². The Hall–Kier alpha value is -1.42. The molecule has 1 amide bonds. The number of benzene rings is 1. The van der Waals surface area contributed by atoms with Gasteiger partial charge in [-0.05, 0) is 30.8 Å². The average molecular weight is 252 g/mol. The van der Waals surface area contributed by atoms with Crippen molar-refractivity contribution in [1.29, 1.82) is 0 Å². The highest BCUT2D eigenvalue weighted by Crippen LogP contribution is 2.03. The summed E-state index contributed by atoms with van der Waals surface area (Å²) < 4.78 is 12.7. The van der Waals surface area contributed by atoms with Crippen LogP contribution in [-0.2, 0) is 11.2 Å². The Bertz CT molecular complexity index is 361. The summed E-state index contributed by atoms with van der Waals surface area (Å²) in [5.41, 5.74) is 0.830. The van der Waals surface area contributed by atoms with Crippen LogP contribution < -0.4 is 5.32 Å². The van der Waals surface area contributed by atoms with Crippen molar-refractivity contribution in [2.75, 3.05) is 26.2 Å². The highest BCUT2D eigenvalue weighted by molar-refractivity contribution is 5.78. The van der Waals surface area contributed by atoms with Crippen LogP contribution in [0.2, 0.25) is 0 Å². The average Bonchev–Trinajstić information content (AvgIpc) is 2.37. The van der Waals surface area contributed by atoms with Gasteiger partial charge in [-0.15, -0.1) is 0 Å². The number of carbonyl (C=O) groups is 1. The minimum Gasteiger partial charge on any atom is -0.355 e. The lowest BCUT2D eigenvalue weighted by molar-refractivity contribution is -0.120. The fraction of sp³-hybridized carbons (Fsp3) is 0.500. The van der Waals surface area contributed by atoms with Gasteiger partial charge in [0.05, 0.1) is 6.42 Å². The molecule has 1 aromatic carbocycles. The zero-order valence-corrected chi connectivity index (χ0v) is 11.1. The van der Waals surface area contributed by atoms with Crippen LogP contribution in [0, 0.1) is 5.82 Å². The number of rotatable bonds is 7. The first kappa shape index (κ1) is 14.6. The van der Waals surface area contributed by atoms with E-state index in [-0.39, 0.29) is 11.7 Å². The molecule has 0 aliphatic heterocycles. The summed E-state index contributed by atoms with van der Waals surface area (Å²) in [7, 11) is 0. The summed E-state index contributed by atoms with van der Waals surface area (Å²) in [6.07, 6.45) is 0.304. The van der Waals surface area contributed by atoms with Crippen LogP contribution in [-0.4, -0.2) is 37.0 Å². The number of hydrogen-bond acceptors (Lipinski definition) is 2. The quantitative estimate of drug-likeness (QED) is 0.803. The van der Waals surface area contributed by atoms with Crippen molar-refractivity contribution < 1.29 is 9.18 Å². The highest BCUT2D eigenvalue weighted by atomic mass is 19.1. The molecule has 3 nitrogen and oxygen atoms in total. The van der Waals surface area contributed by atoms with Gasteiger partial charge in [-0.1, -0.05) is 26.0 Å². The Balaban J connectivity index is 2.27. The molecule has 4 heteroatoms. The van der Waals surface area contributed by atoms with Crippen LogP contribution in [0.4, 0.5) is 4.39 Å². The van der Waals surface area contributed by atoms with Crippen LogP contribution in [0.15, 0.2) is 24.3 Å². The van der Waals surface area contributed by atoms with E-state index in [0.717, 1.165) is 25.2 Å². The van der Waals surface area contributed by atoms with E-state index in [0.29, 0.717) is 13.0 Å². The van der Waals surface area contributed by atoms with E-state index in [9.17, 15) is 9.18 Å². The van der Waals surface area contributed by atoms with Crippen molar-refractivity contribution in [3.8, 4) is 0 Å². The SMILES string of the molecule is CCN(CC)CCNC(=O)Cc1ccc(F)cc1. The maximum atomic E-state index is 12.7. The van der Waals surface area contributed by atoms with Gasteiger partial charge in [0.1, 0.15) is 5.82 Å². The molecule has 100 valence electrons. The van der Waals surface area contributed by atoms with Crippen molar-refractivity contribution in [1.82, 2.24) is 10.2 Å². The Morgan fingerprint density at radius 3 is 2.39 bits per heavy atom. The number of halogens is 1. The number of nitrogens with zero attached hydrogens (tertiary/aromatic N) is 1. The Kier molecular flexibility index (Phi) is 6.36. The largest absolute Gasteiger partial charge is 0.355 e. The summed E-state index contributed by atoms with van der Waals surface area (Å²) in [6.45, 7) is 7.70. The maximum Gasteiger partial charge on any atom is 0.224 e. The zero-order valence-electron chi connectivity index (χ0n) is 11.1. The summed E-state index contributed by atoms with van der Waals surface area (Å²) in [6, 6.07) is 6.02. The van der Waals surface area contributed by atoms with E-state index in [1.807, 2.05) is 0 Å². The topological polar surface area (TPSA) is 32.3 Å². The molecule has 0 heterocycles. The smallest absolute Gasteiger partial charge is 0.224 e. The molecule has 0 radical (unpaired) electrons. The molecule has 1 N–H and O–H groups in total. The second-order valence-corrected chi connectivity index (χ2v) is 4.18. The summed E-state index contributed by atoms with van der Waals surface area (Å²) >= 11 is 0. The van der Waals surface area contributed by atoms with E-state index >= 15 is 0 Å².